The minimum Gasteiger partial charge on any atom is -0.378 e. The molecule has 0 spiro atoms. The summed E-state index contributed by atoms with van der Waals surface area (Å²) in [4.78, 5) is 0. The second kappa shape index (κ2) is 5.95. The van der Waals surface area contributed by atoms with Crippen LogP contribution in [-0.2, 0) is 4.74 Å². The zero-order valence-corrected chi connectivity index (χ0v) is 8.25. The van der Waals surface area contributed by atoms with Crippen LogP contribution in [0.1, 0.15) is 26.2 Å². The lowest BCUT2D eigenvalue weighted by Crippen LogP contribution is -2.28. The third-order valence-corrected chi connectivity index (χ3v) is 2.57. The van der Waals surface area contributed by atoms with Crippen LogP contribution >= 0.6 is 0 Å². The quantitative estimate of drug-likeness (QED) is 0.652. The van der Waals surface area contributed by atoms with Gasteiger partial charge in [-0.15, -0.1) is 0 Å². The third kappa shape index (κ3) is 3.33. The Balaban J connectivity index is 2.10. The van der Waals surface area contributed by atoms with Gasteiger partial charge in [0.1, 0.15) is 0 Å². The number of nitrogens with zero attached hydrogens (tertiary/aromatic N) is 1. The zero-order chi connectivity index (χ0) is 9.52. The summed E-state index contributed by atoms with van der Waals surface area (Å²) < 4.78 is 5.57. The van der Waals surface area contributed by atoms with E-state index in [1.807, 2.05) is 0 Å². The first-order valence-corrected chi connectivity index (χ1v) is 5.07. The molecule has 1 saturated heterocycles. The van der Waals surface area contributed by atoms with Crippen molar-refractivity contribution in [2.45, 2.75) is 32.3 Å². The van der Waals surface area contributed by atoms with E-state index in [-0.39, 0.29) is 0 Å². The van der Waals surface area contributed by atoms with Gasteiger partial charge in [-0.1, -0.05) is 6.92 Å². The summed E-state index contributed by atoms with van der Waals surface area (Å²) in [6.07, 6.45) is 3.31. The first-order chi connectivity index (χ1) is 6.38. The molecule has 2 atom stereocenters. The monoisotopic (exact) mass is 182 g/mol. The summed E-state index contributed by atoms with van der Waals surface area (Å²) in [5.41, 5.74) is 0. The van der Waals surface area contributed by atoms with Gasteiger partial charge in [-0.05, 0) is 18.8 Å². The Morgan fingerprint density at radius 2 is 2.46 bits per heavy atom. The maximum absolute atomic E-state index is 8.34. The van der Waals surface area contributed by atoms with Crippen molar-refractivity contribution in [2.75, 3.05) is 19.7 Å². The highest BCUT2D eigenvalue weighted by Crippen LogP contribution is 2.22. The SMILES string of the molecule is CCC1OCCC1CNCCC#N. The van der Waals surface area contributed by atoms with Gasteiger partial charge in [0.15, 0.2) is 0 Å². The molecule has 0 aromatic carbocycles. The zero-order valence-electron chi connectivity index (χ0n) is 8.25. The van der Waals surface area contributed by atoms with Crippen LogP contribution in [0, 0.1) is 17.2 Å². The number of nitrogens with one attached hydrogen (secondary N) is 1. The van der Waals surface area contributed by atoms with Gasteiger partial charge < -0.3 is 10.1 Å². The van der Waals surface area contributed by atoms with Gasteiger partial charge >= 0.3 is 0 Å². The second-order valence-corrected chi connectivity index (χ2v) is 3.48. The van der Waals surface area contributed by atoms with Crippen LogP contribution in [0.5, 0.6) is 0 Å². The molecule has 0 aromatic heterocycles. The molecule has 2 unspecified atom stereocenters. The van der Waals surface area contributed by atoms with Crippen molar-refractivity contribution >= 4 is 0 Å². The van der Waals surface area contributed by atoms with E-state index in [0.29, 0.717) is 18.4 Å². The number of nitriles is 1. The van der Waals surface area contributed by atoms with Crippen molar-refractivity contribution in [1.82, 2.24) is 5.32 Å². The standard InChI is InChI=1S/C10H18N2O/c1-2-10-9(4-7-13-10)8-12-6-3-5-11/h9-10,12H,2-4,6-8H2,1H3. The van der Waals surface area contributed by atoms with E-state index in [1.165, 1.54) is 0 Å². The molecule has 1 aliphatic rings. The smallest absolute Gasteiger partial charge is 0.0635 e. The van der Waals surface area contributed by atoms with Crippen molar-refractivity contribution in [3.05, 3.63) is 0 Å². The lowest BCUT2D eigenvalue weighted by atomic mass is 10.00. The lowest BCUT2D eigenvalue weighted by Gasteiger charge is -2.16. The molecule has 0 saturated carbocycles. The highest BCUT2D eigenvalue weighted by atomic mass is 16.5. The molecule has 0 bridgehead atoms. The molecule has 0 amide bonds. The molecule has 0 aromatic rings. The molecule has 1 rings (SSSR count). The van der Waals surface area contributed by atoms with E-state index < -0.39 is 0 Å². The average Bonchev–Trinajstić information content (AvgIpc) is 2.60. The fourth-order valence-corrected chi connectivity index (χ4v) is 1.81. The molecule has 1 aliphatic heterocycles. The van der Waals surface area contributed by atoms with Crippen molar-refractivity contribution in [2.24, 2.45) is 5.92 Å². The number of ether oxygens (including phenoxy) is 1. The van der Waals surface area contributed by atoms with Crippen molar-refractivity contribution in [3.8, 4) is 6.07 Å². The van der Waals surface area contributed by atoms with Gasteiger partial charge in [0, 0.05) is 26.1 Å². The lowest BCUT2D eigenvalue weighted by molar-refractivity contribution is 0.0874. The average molecular weight is 182 g/mol. The first kappa shape index (κ1) is 10.5. The summed E-state index contributed by atoms with van der Waals surface area (Å²) in [7, 11) is 0. The topological polar surface area (TPSA) is 45.0 Å². The van der Waals surface area contributed by atoms with Crippen molar-refractivity contribution in [1.29, 1.82) is 5.26 Å². The van der Waals surface area contributed by atoms with Crippen molar-refractivity contribution in [3.63, 3.8) is 0 Å². The molecule has 0 radical (unpaired) electrons. The van der Waals surface area contributed by atoms with Crippen LogP contribution in [0.4, 0.5) is 0 Å². The predicted octanol–water partition coefficient (Wildman–Crippen LogP) is 1.30. The minimum atomic E-state index is 0.439. The van der Waals surface area contributed by atoms with Gasteiger partial charge in [0.25, 0.3) is 0 Å². The number of rotatable bonds is 5. The molecule has 1 fully saturated rings. The third-order valence-electron chi connectivity index (χ3n) is 2.57. The van der Waals surface area contributed by atoms with Crippen LogP contribution in [0.2, 0.25) is 0 Å². The Morgan fingerprint density at radius 1 is 1.62 bits per heavy atom. The molecule has 74 valence electrons. The maximum atomic E-state index is 8.34. The Bertz CT molecular complexity index is 176. The van der Waals surface area contributed by atoms with Crippen molar-refractivity contribution < 1.29 is 4.74 Å². The summed E-state index contributed by atoms with van der Waals surface area (Å²) in [6, 6.07) is 2.12. The van der Waals surface area contributed by atoms with E-state index in [1.54, 1.807) is 0 Å². The Kier molecular flexibility index (Phi) is 4.81. The van der Waals surface area contributed by atoms with Gasteiger partial charge in [0.05, 0.1) is 12.2 Å². The van der Waals surface area contributed by atoms with Crippen LogP contribution < -0.4 is 5.32 Å². The molecular formula is C10H18N2O. The van der Waals surface area contributed by atoms with E-state index in [4.69, 9.17) is 10.00 Å². The molecule has 1 N–H and O–H groups in total. The Labute approximate surface area is 80.1 Å². The maximum Gasteiger partial charge on any atom is 0.0635 e. The molecule has 3 nitrogen and oxygen atoms in total. The van der Waals surface area contributed by atoms with Gasteiger partial charge in [-0.2, -0.15) is 5.26 Å². The highest BCUT2D eigenvalue weighted by Gasteiger charge is 2.25. The van der Waals surface area contributed by atoms with Crippen LogP contribution in [0.3, 0.4) is 0 Å². The number of hydrogen-bond donors (Lipinski definition) is 1. The summed E-state index contributed by atoms with van der Waals surface area (Å²) >= 11 is 0. The fraction of sp³-hybridized carbons (Fsp3) is 0.900. The highest BCUT2D eigenvalue weighted by molar-refractivity contribution is 4.78. The molecule has 1 heterocycles. The molecule has 3 heteroatoms. The van der Waals surface area contributed by atoms with E-state index in [9.17, 15) is 0 Å². The Hall–Kier alpha value is -0.590. The second-order valence-electron chi connectivity index (χ2n) is 3.48. The molecular weight excluding hydrogens is 164 g/mol. The Morgan fingerprint density at radius 3 is 3.15 bits per heavy atom. The van der Waals surface area contributed by atoms with Gasteiger partial charge in [0.2, 0.25) is 0 Å². The normalized spacial score (nSPS) is 27.4. The first-order valence-electron chi connectivity index (χ1n) is 5.07. The fourth-order valence-electron chi connectivity index (χ4n) is 1.81. The van der Waals surface area contributed by atoms with Gasteiger partial charge in [-0.25, -0.2) is 0 Å². The summed E-state index contributed by atoms with van der Waals surface area (Å²) in [5.74, 6) is 0.656. The van der Waals surface area contributed by atoms with Gasteiger partial charge in [-0.3, -0.25) is 0 Å². The number of hydrogen-bond acceptors (Lipinski definition) is 3. The van der Waals surface area contributed by atoms with Crippen LogP contribution in [-0.4, -0.2) is 25.8 Å². The summed E-state index contributed by atoms with van der Waals surface area (Å²) in [6.45, 7) is 4.88. The minimum absolute atomic E-state index is 0.439. The van der Waals surface area contributed by atoms with Crippen LogP contribution in [0.25, 0.3) is 0 Å². The summed E-state index contributed by atoms with van der Waals surface area (Å²) in [5, 5.41) is 11.6. The largest absolute Gasteiger partial charge is 0.378 e. The molecule has 0 aliphatic carbocycles. The van der Waals surface area contributed by atoms with Crippen LogP contribution in [0.15, 0.2) is 0 Å². The predicted molar refractivity (Wildman–Crippen MR) is 51.2 cm³/mol. The van der Waals surface area contributed by atoms with E-state index >= 15 is 0 Å². The van der Waals surface area contributed by atoms with E-state index in [0.717, 1.165) is 32.5 Å². The van der Waals surface area contributed by atoms with E-state index in [2.05, 4.69) is 18.3 Å². The molecule has 13 heavy (non-hydrogen) atoms.